The van der Waals surface area contributed by atoms with Crippen LogP contribution in [0.15, 0.2) is 27.9 Å². The number of benzene rings is 1. The molecule has 0 fully saturated rings. The van der Waals surface area contributed by atoms with E-state index in [4.69, 9.17) is 4.52 Å². The summed E-state index contributed by atoms with van der Waals surface area (Å²) in [6.07, 6.45) is 0.814. The predicted octanol–water partition coefficient (Wildman–Crippen LogP) is 3.15. The Bertz CT molecular complexity index is 826. The molecule has 0 spiro atoms. The number of hydrogen-bond donors (Lipinski definition) is 0. The average Bonchev–Trinajstić information content (AvgIpc) is 3.16. The van der Waals surface area contributed by atoms with Crippen LogP contribution in [0.4, 0.5) is 0 Å². The van der Waals surface area contributed by atoms with Crippen LogP contribution in [-0.2, 0) is 12.2 Å². The summed E-state index contributed by atoms with van der Waals surface area (Å²) in [7, 11) is 0. The Labute approximate surface area is 144 Å². The van der Waals surface area contributed by atoms with E-state index in [9.17, 15) is 0 Å². The number of hydrogen-bond acceptors (Lipinski definition) is 7. The molecule has 0 aliphatic heterocycles. The molecule has 0 amide bonds. The van der Waals surface area contributed by atoms with Gasteiger partial charge in [-0.25, -0.2) is 0 Å². The summed E-state index contributed by atoms with van der Waals surface area (Å²) in [6, 6.07) is 6.15. The van der Waals surface area contributed by atoms with E-state index in [0.717, 1.165) is 17.9 Å². The molecule has 0 aliphatic carbocycles. The van der Waals surface area contributed by atoms with Crippen LogP contribution >= 0.6 is 11.8 Å². The quantitative estimate of drug-likeness (QED) is 0.635. The van der Waals surface area contributed by atoms with Crippen molar-refractivity contribution in [1.29, 1.82) is 0 Å². The predicted molar refractivity (Wildman–Crippen MR) is 91.0 cm³/mol. The molecule has 24 heavy (non-hydrogen) atoms. The summed E-state index contributed by atoms with van der Waals surface area (Å²) in [5.41, 5.74) is 3.38. The van der Waals surface area contributed by atoms with Gasteiger partial charge < -0.3 is 4.52 Å². The lowest BCUT2D eigenvalue weighted by Crippen LogP contribution is -2.00. The Morgan fingerprint density at radius 1 is 1.21 bits per heavy atom. The van der Waals surface area contributed by atoms with E-state index in [1.54, 1.807) is 4.68 Å². The van der Waals surface area contributed by atoms with Gasteiger partial charge in [-0.3, -0.25) is 0 Å². The fourth-order valence-electron chi connectivity index (χ4n) is 2.21. The first-order valence-corrected chi connectivity index (χ1v) is 8.81. The molecule has 0 radical (unpaired) electrons. The van der Waals surface area contributed by atoms with Crippen LogP contribution in [0.5, 0.6) is 0 Å². The highest BCUT2D eigenvalue weighted by atomic mass is 32.2. The van der Waals surface area contributed by atoms with Crippen LogP contribution in [0.3, 0.4) is 0 Å². The van der Waals surface area contributed by atoms with Crippen molar-refractivity contribution in [3.8, 4) is 5.69 Å². The molecular weight excluding hydrogens is 324 g/mol. The third kappa shape index (κ3) is 3.81. The highest BCUT2D eigenvalue weighted by Gasteiger charge is 2.13. The number of rotatable bonds is 6. The molecule has 0 bridgehead atoms. The van der Waals surface area contributed by atoms with Crippen molar-refractivity contribution in [2.24, 2.45) is 5.92 Å². The second-order valence-corrected chi connectivity index (χ2v) is 7.08. The minimum atomic E-state index is 0.500. The van der Waals surface area contributed by atoms with Gasteiger partial charge >= 0.3 is 0 Å². The molecule has 126 valence electrons. The molecule has 3 rings (SSSR count). The first-order chi connectivity index (χ1) is 11.5. The standard InChI is InChI=1S/C16H20N6OS/c1-10(2)7-14-17-15(23-19-14)9-24-16-18-20-21-22(16)13-6-5-11(3)12(4)8-13/h5-6,8,10H,7,9H2,1-4H3. The number of thioether (sulfide) groups is 1. The summed E-state index contributed by atoms with van der Waals surface area (Å²) in [5.74, 6) is 2.37. The molecule has 0 atom stereocenters. The van der Waals surface area contributed by atoms with Gasteiger partial charge in [-0.15, -0.1) is 5.10 Å². The van der Waals surface area contributed by atoms with E-state index in [1.807, 2.05) is 6.07 Å². The molecule has 7 nitrogen and oxygen atoms in total. The van der Waals surface area contributed by atoms with E-state index in [1.165, 1.54) is 22.9 Å². The van der Waals surface area contributed by atoms with Crippen molar-refractivity contribution < 1.29 is 4.52 Å². The van der Waals surface area contributed by atoms with Crippen LogP contribution in [0.1, 0.15) is 36.7 Å². The highest BCUT2D eigenvalue weighted by molar-refractivity contribution is 7.98. The van der Waals surface area contributed by atoms with Gasteiger partial charge in [0.05, 0.1) is 11.4 Å². The molecular formula is C16H20N6OS. The van der Waals surface area contributed by atoms with Gasteiger partial charge in [0, 0.05) is 6.42 Å². The van der Waals surface area contributed by atoms with Crippen LogP contribution in [0.2, 0.25) is 0 Å². The number of nitrogens with zero attached hydrogens (tertiary/aromatic N) is 6. The van der Waals surface area contributed by atoms with Gasteiger partial charge in [0.15, 0.2) is 5.82 Å². The van der Waals surface area contributed by atoms with Crippen molar-refractivity contribution in [2.45, 2.75) is 45.0 Å². The van der Waals surface area contributed by atoms with Crippen molar-refractivity contribution >= 4 is 11.8 Å². The summed E-state index contributed by atoms with van der Waals surface area (Å²) in [5, 5.41) is 16.7. The number of aromatic nitrogens is 6. The van der Waals surface area contributed by atoms with Gasteiger partial charge in [-0.1, -0.05) is 36.8 Å². The zero-order valence-corrected chi connectivity index (χ0v) is 15.0. The lowest BCUT2D eigenvalue weighted by molar-refractivity contribution is 0.382. The van der Waals surface area contributed by atoms with Crippen LogP contribution in [0, 0.1) is 19.8 Å². The average molecular weight is 344 g/mol. The first-order valence-electron chi connectivity index (χ1n) is 7.83. The third-order valence-electron chi connectivity index (χ3n) is 3.60. The van der Waals surface area contributed by atoms with Crippen molar-refractivity contribution in [2.75, 3.05) is 0 Å². The van der Waals surface area contributed by atoms with E-state index in [0.29, 0.717) is 22.7 Å². The molecule has 0 saturated heterocycles. The smallest absolute Gasteiger partial charge is 0.237 e. The Balaban J connectivity index is 1.71. The molecule has 2 aromatic heterocycles. The van der Waals surface area contributed by atoms with Gasteiger partial charge in [0.2, 0.25) is 11.0 Å². The molecule has 0 saturated carbocycles. The maximum Gasteiger partial charge on any atom is 0.237 e. The Hall–Kier alpha value is -2.22. The minimum Gasteiger partial charge on any atom is -0.338 e. The SMILES string of the molecule is Cc1ccc(-n2nnnc2SCc2nc(CC(C)C)no2)cc1C. The van der Waals surface area contributed by atoms with E-state index < -0.39 is 0 Å². The maximum atomic E-state index is 5.28. The van der Waals surface area contributed by atoms with E-state index in [2.05, 4.69) is 65.5 Å². The molecule has 2 heterocycles. The molecule has 1 aromatic carbocycles. The molecule has 8 heteroatoms. The van der Waals surface area contributed by atoms with Gasteiger partial charge in [0.25, 0.3) is 0 Å². The van der Waals surface area contributed by atoms with E-state index in [-0.39, 0.29) is 0 Å². The second kappa shape index (κ2) is 7.12. The summed E-state index contributed by atoms with van der Waals surface area (Å²) < 4.78 is 7.01. The van der Waals surface area contributed by atoms with Gasteiger partial charge in [-0.2, -0.15) is 9.67 Å². The Kier molecular flexibility index (Phi) is 4.94. The monoisotopic (exact) mass is 344 g/mol. The zero-order chi connectivity index (χ0) is 17.1. The second-order valence-electron chi connectivity index (χ2n) is 6.13. The summed E-state index contributed by atoms with van der Waals surface area (Å²) in [4.78, 5) is 4.40. The molecule has 0 aliphatic rings. The van der Waals surface area contributed by atoms with Crippen LogP contribution < -0.4 is 0 Å². The lowest BCUT2D eigenvalue weighted by Gasteiger charge is -2.06. The normalized spacial score (nSPS) is 11.4. The zero-order valence-electron chi connectivity index (χ0n) is 14.2. The van der Waals surface area contributed by atoms with Crippen molar-refractivity contribution in [3.63, 3.8) is 0 Å². The van der Waals surface area contributed by atoms with Crippen molar-refractivity contribution in [1.82, 2.24) is 30.3 Å². The molecule has 0 N–H and O–H groups in total. The maximum absolute atomic E-state index is 5.28. The topological polar surface area (TPSA) is 82.5 Å². The van der Waals surface area contributed by atoms with Crippen LogP contribution in [0.25, 0.3) is 5.69 Å². The largest absolute Gasteiger partial charge is 0.338 e. The number of aryl methyl sites for hydroxylation is 2. The Morgan fingerprint density at radius 2 is 2.04 bits per heavy atom. The molecule has 3 aromatic rings. The van der Waals surface area contributed by atoms with Gasteiger partial charge in [0.1, 0.15) is 0 Å². The van der Waals surface area contributed by atoms with Crippen molar-refractivity contribution in [3.05, 3.63) is 41.0 Å². The minimum absolute atomic E-state index is 0.500. The fourth-order valence-corrected chi connectivity index (χ4v) is 2.94. The van der Waals surface area contributed by atoms with Gasteiger partial charge in [-0.05, 0) is 53.5 Å². The summed E-state index contributed by atoms with van der Waals surface area (Å²) in [6.45, 7) is 8.41. The first kappa shape index (κ1) is 16.6. The highest BCUT2D eigenvalue weighted by Crippen LogP contribution is 2.23. The fraction of sp³-hybridized carbons (Fsp3) is 0.438. The number of tetrazole rings is 1. The molecule has 0 unspecified atom stereocenters. The third-order valence-corrected chi connectivity index (χ3v) is 4.51. The van der Waals surface area contributed by atoms with Crippen LogP contribution in [-0.4, -0.2) is 30.3 Å². The lowest BCUT2D eigenvalue weighted by atomic mass is 10.1. The summed E-state index contributed by atoms with van der Waals surface area (Å²) >= 11 is 1.47. The van der Waals surface area contributed by atoms with E-state index >= 15 is 0 Å². The Morgan fingerprint density at radius 3 is 2.79 bits per heavy atom.